The predicted octanol–water partition coefficient (Wildman–Crippen LogP) is 2.39. The molecule has 0 saturated heterocycles. The molecule has 6 heteroatoms. The van der Waals surface area contributed by atoms with Crippen molar-refractivity contribution in [1.29, 1.82) is 0 Å². The molecule has 0 unspecified atom stereocenters. The van der Waals surface area contributed by atoms with Crippen LogP contribution in [0, 0.1) is 0 Å². The summed E-state index contributed by atoms with van der Waals surface area (Å²) >= 11 is 5.93. The number of ether oxygens (including phenoxy) is 2. The molecule has 0 fully saturated rings. The van der Waals surface area contributed by atoms with E-state index in [0.29, 0.717) is 28.6 Å². The maximum atomic E-state index is 12.0. The van der Waals surface area contributed by atoms with Gasteiger partial charge >= 0.3 is 0 Å². The lowest BCUT2D eigenvalue weighted by Gasteiger charge is -2.08. The van der Waals surface area contributed by atoms with E-state index in [1.165, 1.54) is 12.4 Å². The molecule has 0 aliphatic carbocycles. The molecule has 0 radical (unpaired) electrons. The van der Waals surface area contributed by atoms with Crippen LogP contribution in [0.1, 0.15) is 15.9 Å². The number of pyridine rings is 1. The number of amides is 1. The SMILES string of the molecule is O=C(NCc1cccc2c1OCO2)c1ccncc1Cl. The number of aromatic nitrogens is 1. The van der Waals surface area contributed by atoms with Crippen LogP contribution in [0.25, 0.3) is 0 Å². The summed E-state index contributed by atoms with van der Waals surface area (Å²) in [7, 11) is 0. The summed E-state index contributed by atoms with van der Waals surface area (Å²) in [6, 6.07) is 7.14. The van der Waals surface area contributed by atoms with Crippen molar-refractivity contribution in [3.05, 3.63) is 52.8 Å². The number of hydrogen-bond donors (Lipinski definition) is 1. The van der Waals surface area contributed by atoms with Crippen LogP contribution in [0.4, 0.5) is 0 Å². The van der Waals surface area contributed by atoms with Gasteiger partial charge in [-0.1, -0.05) is 23.7 Å². The summed E-state index contributed by atoms with van der Waals surface area (Å²) < 4.78 is 10.7. The van der Waals surface area contributed by atoms with Gasteiger partial charge in [-0.15, -0.1) is 0 Å². The highest BCUT2D eigenvalue weighted by atomic mass is 35.5. The molecular weight excluding hydrogens is 280 g/mol. The first-order valence-electron chi connectivity index (χ1n) is 6.01. The summed E-state index contributed by atoms with van der Waals surface area (Å²) in [5, 5.41) is 3.12. The molecule has 2 aromatic rings. The Labute approximate surface area is 120 Å². The Kier molecular flexibility index (Phi) is 3.43. The summed E-state index contributed by atoms with van der Waals surface area (Å²) in [6.07, 6.45) is 2.96. The van der Waals surface area contributed by atoms with Crippen molar-refractivity contribution in [2.24, 2.45) is 0 Å². The molecule has 0 spiro atoms. The van der Waals surface area contributed by atoms with Gasteiger partial charge in [0.05, 0.1) is 10.6 Å². The third kappa shape index (κ3) is 2.40. The second kappa shape index (κ2) is 5.38. The van der Waals surface area contributed by atoms with Crippen molar-refractivity contribution in [3.8, 4) is 11.5 Å². The van der Waals surface area contributed by atoms with Crippen LogP contribution in [0.15, 0.2) is 36.7 Å². The number of benzene rings is 1. The van der Waals surface area contributed by atoms with E-state index in [1.807, 2.05) is 18.2 Å². The van der Waals surface area contributed by atoms with Crippen LogP contribution >= 0.6 is 11.6 Å². The van der Waals surface area contributed by atoms with Crippen LogP contribution in [0.3, 0.4) is 0 Å². The van der Waals surface area contributed by atoms with Gasteiger partial charge in [0.1, 0.15) is 0 Å². The number of hydrogen-bond acceptors (Lipinski definition) is 4. The number of halogens is 1. The minimum Gasteiger partial charge on any atom is -0.454 e. The molecule has 1 amide bonds. The van der Waals surface area contributed by atoms with Crippen LogP contribution in [0.2, 0.25) is 5.02 Å². The average Bonchev–Trinajstić information content (AvgIpc) is 2.94. The molecule has 1 aliphatic heterocycles. The monoisotopic (exact) mass is 290 g/mol. The Morgan fingerprint density at radius 1 is 1.35 bits per heavy atom. The van der Waals surface area contributed by atoms with E-state index in [2.05, 4.69) is 10.3 Å². The van der Waals surface area contributed by atoms with E-state index in [9.17, 15) is 4.79 Å². The number of carbonyl (C=O) groups excluding carboxylic acids is 1. The fraction of sp³-hybridized carbons (Fsp3) is 0.143. The fourth-order valence-electron chi connectivity index (χ4n) is 1.96. The van der Waals surface area contributed by atoms with E-state index in [-0.39, 0.29) is 12.7 Å². The predicted molar refractivity (Wildman–Crippen MR) is 73.0 cm³/mol. The van der Waals surface area contributed by atoms with Crippen LogP contribution in [-0.2, 0) is 6.54 Å². The Hall–Kier alpha value is -2.27. The molecule has 0 saturated carbocycles. The normalized spacial score (nSPS) is 12.2. The van der Waals surface area contributed by atoms with Gasteiger partial charge in [-0.2, -0.15) is 0 Å². The number of fused-ring (bicyclic) bond motifs is 1. The molecule has 1 aromatic heterocycles. The van der Waals surface area contributed by atoms with Gasteiger partial charge < -0.3 is 14.8 Å². The second-order valence-corrected chi connectivity index (χ2v) is 4.60. The summed E-state index contributed by atoms with van der Waals surface area (Å²) in [5.74, 6) is 1.11. The summed E-state index contributed by atoms with van der Waals surface area (Å²) in [4.78, 5) is 15.9. The zero-order valence-electron chi connectivity index (χ0n) is 10.4. The smallest absolute Gasteiger partial charge is 0.253 e. The minimum atomic E-state index is -0.256. The molecule has 20 heavy (non-hydrogen) atoms. The number of carbonyl (C=O) groups is 1. The summed E-state index contributed by atoms with van der Waals surface area (Å²) in [6.45, 7) is 0.542. The van der Waals surface area contributed by atoms with Gasteiger partial charge in [-0.3, -0.25) is 9.78 Å². The van der Waals surface area contributed by atoms with Crippen molar-refractivity contribution >= 4 is 17.5 Å². The highest BCUT2D eigenvalue weighted by molar-refractivity contribution is 6.33. The van der Waals surface area contributed by atoms with Crippen LogP contribution in [-0.4, -0.2) is 17.7 Å². The van der Waals surface area contributed by atoms with E-state index in [1.54, 1.807) is 6.07 Å². The maximum absolute atomic E-state index is 12.0. The van der Waals surface area contributed by atoms with Crippen LogP contribution in [0.5, 0.6) is 11.5 Å². The number of rotatable bonds is 3. The summed E-state index contributed by atoms with van der Waals surface area (Å²) in [5.41, 5.74) is 1.25. The molecular formula is C14H11ClN2O3. The first-order chi connectivity index (χ1) is 9.75. The first-order valence-corrected chi connectivity index (χ1v) is 6.38. The van der Waals surface area contributed by atoms with Crippen molar-refractivity contribution in [3.63, 3.8) is 0 Å². The molecule has 102 valence electrons. The third-order valence-electron chi connectivity index (χ3n) is 2.93. The zero-order chi connectivity index (χ0) is 13.9. The van der Waals surface area contributed by atoms with Gasteiger partial charge in [0.2, 0.25) is 6.79 Å². The third-order valence-corrected chi connectivity index (χ3v) is 3.24. The zero-order valence-corrected chi connectivity index (χ0v) is 11.2. The van der Waals surface area contributed by atoms with Crippen LogP contribution < -0.4 is 14.8 Å². The number of nitrogens with zero attached hydrogens (tertiary/aromatic N) is 1. The Morgan fingerprint density at radius 2 is 2.25 bits per heavy atom. The number of para-hydroxylation sites is 1. The van der Waals surface area contributed by atoms with E-state index >= 15 is 0 Å². The van der Waals surface area contributed by atoms with Crippen molar-refractivity contribution in [2.75, 3.05) is 6.79 Å². The van der Waals surface area contributed by atoms with E-state index in [4.69, 9.17) is 21.1 Å². The van der Waals surface area contributed by atoms with Gasteiger partial charge in [-0.25, -0.2) is 0 Å². The molecule has 3 rings (SSSR count). The first kappa shape index (κ1) is 12.7. The van der Waals surface area contributed by atoms with Crippen molar-refractivity contribution in [1.82, 2.24) is 10.3 Å². The maximum Gasteiger partial charge on any atom is 0.253 e. The molecule has 0 atom stereocenters. The Balaban J connectivity index is 1.73. The molecule has 0 bridgehead atoms. The van der Waals surface area contributed by atoms with Gasteiger partial charge in [0.25, 0.3) is 5.91 Å². The highest BCUT2D eigenvalue weighted by Crippen LogP contribution is 2.35. The van der Waals surface area contributed by atoms with Crippen molar-refractivity contribution in [2.45, 2.75) is 6.54 Å². The number of nitrogens with one attached hydrogen (secondary N) is 1. The van der Waals surface area contributed by atoms with Gasteiger partial charge in [0.15, 0.2) is 11.5 Å². The minimum absolute atomic E-state index is 0.205. The quantitative estimate of drug-likeness (QED) is 0.943. The molecule has 2 heterocycles. The lowest BCUT2D eigenvalue weighted by atomic mass is 10.1. The van der Waals surface area contributed by atoms with Gasteiger partial charge in [0, 0.05) is 24.5 Å². The molecule has 1 aromatic carbocycles. The molecule has 1 N–H and O–H groups in total. The Bertz CT molecular complexity index is 661. The standard InChI is InChI=1S/C14H11ClN2O3/c15-11-7-16-5-4-10(11)14(18)17-6-9-2-1-3-12-13(9)20-8-19-12/h1-5,7H,6,8H2,(H,17,18). The Morgan fingerprint density at radius 3 is 3.10 bits per heavy atom. The fourth-order valence-corrected chi connectivity index (χ4v) is 2.17. The highest BCUT2D eigenvalue weighted by Gasteiger charge is 2.18. The van der Waals surface area contributed by atoms with E-state index < -0.39 is 0 Å². The molecule has 5 nitrogen and oxygen atoms in total. The average molecular weight is 291 g/mol. The lowest BCUT2D eigenvalue weighted by molar-refractivity contribution is 0.0950. The topological polar surface area (TPSA) is 60.5 Å². The van der Waals surface area contributed by atoms with Gasteiger partial charge in [-0.05, 0) is 12.1 Å². The second-order valence-electron chi connectivity index (χ2n) is 4.19. The molecule has 1 aliphatic rings. The largest absolute Gasteiger partial charge is 0.454 e. The van der Waals surface area contributed by atoms with E-state index in [0.717, 1.165) is 5.56 Å². The lowest BCUT2D eigenvalue weighted by Crippen LogP contribution is -2.23. The van der Waals surface area contributed by atoms with Crippen molar-refractivity contribution < 1.29 is 14.3 Å².